The van der Waals surface area contributed by atoms with E-state index < -0.39 is 85.2 Å². The van der Waals surface area contributed by atoms with E-state index in [1.807, 2.05) is 0 Å². The maximum absolute atomic E-state index is 14.5. The number of ether oxygens (including phenoxy) is 4. The highest BCUT2D eigenvalue weighted by molar-refractivity contribution is 9.10. The Hall–Kier alpha value is -5.67. The highest BCUT2D eigenvalue weighted by atomic mass is 79.9. The van der Waals surface area contributed by atoms with Crippen LogP contribution in [-0.4, -0.2) is 156 Å². The lowest BCUT2D eigenvalue weighted by atomic mass is 9.95. The molecule has 8 rings (SSSR count). The summed E-state index contributed by atoms with van der Waals surface area (Å²) >= 11 is 12.5. The molecule has 0 radical (unpaired) electrons. The van der Waals surface area contributed by atoms with Crippen LogP contribution in [0.15, 0.2) is 96.5 Å². The number of nitrogens with zero attached hydrogens (tertiary/aromatic N) is 6. The monoisotopic (exact) mass is 1150 g/mol. The molecule has 6 atom stereocenters. The van der Waals surface area contributed by atoms with E-state index >= 15 is 0 Å². The van der Waals surface area contributed by atoms with Crippen LogP contribution in [0.2, 0.25) is 5.02 Å². The van der Waals surface area contributed by atoms with Crippen LogP contribution in [0.4, 0.5) is 17.6 Å². The van der Waals surface area contributed by atoms with Gasteiger partial charge >= 0.3 is 23.9 Å². The Kier molecular flexibility index (Phi) is 19.9. The largest absolute Gasteiger partial charge is 0.480 e. The van der Waals surface area contributed by atoms with Gasteiger partial charge < -0.3 is 39.8 Å². The summed E-state index contributed by atoms with van der Waals surface area (Å²) in [5.41, 5.74) is 2.15. The van der Waals surface area contributed by atoms with E-state index in [0.29, 0.717) is 48.7 Å². The molecule has 6 heterocycles. The predicted octanol–water partition coefficient (Wildman–Crippen LogP) is 6.82. The number of hydrogen-bond acceptors (Lipinski definition) is 18. The maximum atomic E-state index is 14.5. The molecule has 2 aromatic heterocycles. The van der Waals surface area contributed by atoms with Crippen molar-refractivity contribution >= 4 is 85.8 Å². The van der Waals surface area contributed by atoms with Crippen molar-refractivity contribution in [2.24, 2.45) is 9.98 Å². The van der Waals surface area contributed by atoms with Crippen LogP contribution in [0.3, 0.4) is 0 Å². The Labute approximate surface area is 443 Å². The van der Waals surface area contributed by atoms with Gasteiger partial charge in [0.05, 0.1) is 37.6 Å². The summed E-state index contributed by atoms with van der Waals surface area (Å²) in [4.78, 5) is 69.9. The summed E-state index contributed by atoms with van der Waals surface area (Å²) in [5.74, 6) is -3.69. The number of aliphatic imine (C=N–C) groups is 2. The fraction of sp³-hybridized carbons (Fsp3) is 0.417. The number of carbonyl (C=O) groups excluding carboxylic acids is 2. The van der Waals surface area contributed by atoms with Crippen molar-refractivity contribution in [3.05, 3.63) is 124 Å². The first kappa shape index (κ1) is 56.1. The number of hydrogen-bond donors (Lipinski definition) is 4. The Morgan fingerprint density at radius 2 is 1.18 bits per heavy atom. The number of likely N-dealkylation sites (tertiary alicyclic amines) is 2. The summed E-state index contributed by atoms with van der Waals surface area (Å²) in [6.45, 7) is 2.98. The summed E-state index contributed by atoms with van der Waals surface area (Å²) in [6, 6.07) is 5.36. The van der Waals surface area contributed by atoms with Crippen molar-refractivity contribution in [3.63, 3.8) is 0 Å². The van der Waals surface area contributed by atoms with Gasteiger partial charge in [0, 0.05) is 87.9 Å². The minimum atomic E-state index is -1.15. The van der Waals surface area contributed by atoms with Crippen molar-refractivity contribution in [3.8, 4) is 0 Å². The maximum Gasteiger partial charge on any atom is 0.338 e. The number of amidine groups is 2. The van der Waals surface area contributed by atoms with Crippen LogP contribution in [0.25, 0.3) is 0 Å². The molecule has 0 bridgehead atoms. The molecule has 4 aliphatic heterocycles. The van der Waals surface area contributed by atoms with Gasteiger partial charge in [-0.1, -0.05) is 39.7 Å². The second-order valence-corrected chi connectivity index (χ2v) is 19.9. The zero-order valence-corrected chi connectivity index (χ0v) is 43.6. The third-order valence-corrected chi connectivity index (χ3v) is 14.3. The van der Waals surface area contributed by atoms with Crippen LogP contribution in [0, 0.1) is 11.6 Å². The van der Waals surface area contributed by atoms with Crippen LogP contribution < -0.4 is 10.6 Å². The van der Waals surface area contributed by atoms with Gasteiger partial charge in [0.15, 0.2) is 21.7 Å². The lowest BCUT2D eigenvalue weighted by molar-refractivity contribution is -0.143. The molecule has 0 saturated carbocycles. The number of esters is 2. The zero-order chi connectivity index (χ0) is 53.1. The quantitative estimate of drug-likeness (QED) is 0.0526. The molecular weight excluding hydrogens is 1100 g/mol. The lowest BCUT2D eigenvalue weighted by Gasteiger charge is -2.31. The number of benzene rings is 2. The average molecular weight is 1150 g/mol. The number of alkyl halides is 2. The van der Waals surface area contributed by atoms with Gasteiger partial charge in [-0.05, 0) is 56.5 Å². The van der Waals surface area contributed by atoms with Gasteiger partial charge in [-0.3, -0.25) is 19.8 Å². The van der Waals surface area contributed by atoms with E-state index in [4.69, 9.17) is 50.7 Å². The molecule has 18 nitrogen and oxygen atoms in total. The molecule has 2 fully saturated rings. The van der Waals surface area contributed by atoms with Crippen LogP contribution in [0.1, 0.15) is 59.9 Å². The SMILES string of the molecule is CCOC(=O)C1=C(CN2CC(F)CC2COCC(=O)O)NC(c2nccs2)=NC1c1ccc(F)cc1Br.CCOC(=O)C1=C(CN2CC(F)CC2COCC(=O)O)NC(c2nccs2)=NC1c1ccc(F)cc1Cl. The molecule has 74 heavy (non-hydrogen) atoms. The van der Waals surface area contributed by atoms with Crippen LogP contribution in [-0.2, 0) is 38.1 Å². The molecule has 4 aromatic rings. The van der Waals surface area contributed by atoms with E-state index in [2.05, 4.69) is 36.5 Å². The standard InChI is InChI=1S/C24H25BrF2N4O5S.C24H25ClF2N4O5S/c2*1-2-36-24(34)20-18(10-31-9-14(27)7-15(31)11-35-12-19(32)33)29-22(23-28-5-6-37-23)30-21(20)16-4-3-13(26)8-17(16)25/h2*3-6,8,14-15,21H,2,7,9-12H2,1H3,(H,29,30)(H,32,33). The molecule has 6 unspecified atom stereocenters. The van der Waals surface area contributed by atoms with Crippen LogP contribution >= 0.6 is 50.2 Å². The van der Waals surface area contributed by atoms with Crippen molar-refractivity contribution in [2.45, 2.75) is 63.2 Å². The third-order valence-electron chi connectivity index (χ3n) is 11.8. The van der Waals surface area contributed by atoms with Gasteiger partial charge in [-0.25, -0.2) is 46.7 Å². The molecule has 0 spiro atoms. The number of nitrogens with one attached hydrogen (secondary N) is 2. The van der Waals surface area contributed by atoms with Crippen molar-refractivity contribution < 1.29 is 65.9 Å². The van der Waals surface area contributed by atoms with Crippen LogP contribution in [0.5, 0.6) is 0 Å². The number of carboxylic acid groups (broad SMARTS) is 2. The summed E-state index contributed by atoms with van der Waals surface area (Å²) in [5, 5.41) is 28.9. The minimum absolute atomic E-state index is 0.00931. The minimum Gasteiger partial charge on any atom is -0.480 e. The van der Waals surface area contributed by atoms with E-state index in [1.165, 1.54) is 46.9 Å². The van der Waals surface area contributed by atoms with Crippen molar-refractivity contribution in [2.75, 3.05) is 65.8 Å². The van der Waals surface area contributed by atoms with E-state index in [0.717, 1.165) is 6.07 Å². The Balaban J connectivity index is 0.000000216. The fourth-order valence-corrected chi connectivity index (χ4v) is 10.7. The number of carbonyl (C=O) groups is 4. The summed E-state index contributed by atoms with van der Waals surface area (Å²) in [6.07, 6.45) is 1.27. The first-order valence-electron chi connectivity index (χ1n) is 23.1. The van der Waals surface area contributed by atoms with Gasteiger partial charge in [0.1, 0.15) is 49.3 Å². The van der Waals surface area contributed by atoms with Crippen molar-refractivity contribution in [1.82, 2.24) is 30.4 Å². The second-order valence-electron chi connectivity index (χ2n) is 16.9. The van der Waals surface area contributed by atoms with E-state index in [-0.39, 0.29) is 81.6 Å². The molecule has 26 heteroatoms. The Bertz CT molecular complexity index is 2610. The Morgan fingerprint density at radius 3 is 1.58 bits per heavy atom. The first-order chi connectivity index (χ1) is 35.5. The highest BCUT2D eigenvalue weighted by Crippen LogP contribution is 2.39. The number of thiazole rings is 2. The van der Waals surface area contributed by atoms with Crippen molar-refractivity contribution in [1.29, 1.82) is 0 Å². The smallest absolute Gasteiger partial charge is 0.338 e. The number of carboxylic acids is 2. The first-order valence-corrected chi connectivity index (χ1v) is 26.0. The second kappa shape index (κ2) is 26.2. The molecule has 0 aliphatic carbocycles. The zero-order valence-electron chi connectivity index (χ0n) is 39.7. The van der Waals surface area contributed by atoms with Gasteiger partial charge in [0.25, 0.3) is 0 Å². The molecule has 4 N–H and O–H groups in total. The molecule has 2 saturated heterocycles. The fourth-order valence-electron chi connectivity index (χ4n) is 8.68. The van der Waals surface area contributed by atoms with E-state index in [1.54, 1.807) is 52.9 Å². The normalized spacial score (nSPS) is 22.1. The van der Waals surface area contributed by atoms with Gasteiger partial charge in [0.2, 0.25) is 0 Å². The molecule has 4 aliphatic rings. The number of aromatic nitrogens is 2. The summed E-state index contributed by atoms with van der Waals surface area (Å²) in [7, 11) is 0. The molecular formula is C48H50BrClF4N8O10S2. The molecule has 396 valence electrons. The molecule has 0 amide bonds. The number of halogens is 6. The predicted molar refractivity (Wildman–Crippen MR) is 269 cm³/mol. The summed E-state index contributed by atoms with van der Waals surface area (Å²) < 4.78 is 78.2. The molecule has 2 aromatic carbocycles. The third kappa shape index (κ3) is 14.4. The average Bonchev–Trinajstić information content (AvgIpc) is 4.19. The number of rotatable bonds is 20. The lowest BCUT2D eigenvalue weighted by Crippen LogP contribution is -2.42. The Morgan fingerprint density at radius 1 is 0.730 bits per heavy atom. The van der Waals surface area contributed by atoms with Gasteiger partial charge in [-0.2, -0.15) is 0 Å². The topological polar surface area (TPSA) is 227 Å². The number of aliphatic carboxylic acids is 2. The van der Waals surface area contributed by atoms with E-state index in [9.17, 15) is 36.7 Å². The highest BCUT2D eigenvalue weighted by Gasteiger charge is 2.40. The van der Waals surface area contributed by atoms with Gasteiger partial charge in [-0.15, -0.1) is 22.7 Å².